The van der Waals surface area contributed by atoms with Crippen LogP contribution >= 0.6 is 0 Å². The van der Waals surface area contributed by atoms with Crippen LogP contribution in [0.25, 0.3) is 5.69 Å². The van der Waals surface area contributed by atoms with Crippen LogP contribution in [0, 0.1) is 41.5 Å². The molecule has 0 bridgehead atoms. The van der Waals surface area contributed by atoms with Crippen molar-refractivity contribution in [2.24, 2.45) is 5.10 Å². The number of anilines is 1. The van der Waals surface area contributed by atoms with Gasteiger partial charge in [-0.3, -0.25) is 9.10 Å². The lowest BCUT2D eigenvalue weighted by atomic mass is 10.1. The van der Waals surface area contributed by atoms with E-state index in [1.165, 1.54) is 23.3 Å². The second-order valence-corrected chi connectivity index (χ2v) is 11.7. The van der Waals surface area contributed by atoms with Crippen LogP contribution in [0.4, 0.5) is 5.69 Å². The molecule has 4 aromatic rings. The molecule has 1 N–H and O–H groups in total. The highest BCUT2D eigenvalue weighted by Crippen LogP contribution is 2.26. The SMILES string of the molecule is Cc1ccc(-n2c(C)cc(/C=N\NC(=O)CN(c3ccc(C)c(C)c3)S(=O)(=O)c3ccccc3)c2C)c(C)c1. The van der Waals surface area contributed by atoms with Crippen LogP contribution in [0.2, 0.25) is 0 Å². The maximum Gasteiger partial charge on any atom is 0.264 e. The molecule has 0 aliphatic heterocycles. The summed E-state index contributed by atoms with van der Waals surface area (Å²) in [6.07, 6.45) is 1.59. The van der Waals surface area contributed by atoms with E-state index in [1.807, 2.05) is 39.8 Å². The highest BCUT2D eigenvalue weighted by molar-refractivity contribution is 7.92. The number of nitrogens with one attached hydrogen (secondary N) is 1. The van der Waals surface area contributed by atoms with Gasteiger partial charge in [0.1, 0.15) is 6.54 Å². The second-order valence-electron chi connectivity index (χ2n) is 9.84. The number of hydrazone groups is 1. The smallest absolute Gasteiger partial charge is 0.264 e. The summed E-state index contributed by atoms with van der Waals surface area (Å²) >= 11 is 0. The van der Waals surface area contributed by atoms with E-state index in [9.17, 15) is 13.2 Å². The zero-order valence-electron chi connectivity index (χ0n) is 23.2. The van der Waals surface area contributed by atoms with Crippen LogP contribution in [0.3, 0.4) is 0 Å². The number of hydrogen-bond donors (Lipinski definition) is 1. The van der Waals surface area contributed by atoms with Crippen molar-refractivity contribution in [3.05, 3.63) is 112 Å². The van der Waals surface area contributed by atoms with Gasteiger partial charge in [0.15, 0.2) is 0 Å². The summed E-state index contributed by atoms with van der Waals surface area (Å²) in [5, 5.41) is 4.16. The van der Waals surface area contributed by atoms with E-state index in [2.05, 4.69) is 47.1 Å². The topological polar surface area (TPSA) is 83.8 Å². The normalized spacial score (nSPS) is 11.6. The first-order valence-corrected chi connectivity index (χ1v) is 14.2. The number of aryl methyl sites for hydroxylation is 5. The van der Waals surface area contributed by atoms with Crippen molar-refractivity contribution in [2.75, 3.05) is 10.8 Å². The zero-order chi connectivity index (χ0) is 28.3. The Bertz CT molecular complexity index is 1650. The minimum absolute atomic E-state index is 0.110. The Morgan fingerprint density at radius 3 is 2.26 bits per heavy atom. The Labute approximate surface area is 230 Å². The third-order valence-corrected chi connectivity index (χ3v) is 8.64. The average Bonchev–Trinajstić information content (AvgIpc) is 3.17. The summed E-state index contributed by atoms with van der Waals surface area (Å²) in [6, 6.07) is 21.8. The summed E-state index contributed by atoms with van der Waals surface area (Å²) in [6.45, 7) is 11.6. The Hall–Kier alpha value is -4.17. The summed E-state index contributed by atoms with van der Waals surface area (Å²) in [4.78, 5) is 13.1. The molecule has 0 unspecified atom stereocenters. The molecule has 0 aliphatic carbocycles. The van der Waals surface area contributed by atoms with Gasteiger partial charge < -0.3 is 4.57 Å². The lowest BCUT2D eigenvalue weighted by Crippen LogP contribution is -2.39. The number of sulfonamides is 1. The van der Waals surface area contributed by atoms with Gasteiger partial charge in [0.2, 0.25) is 0 Å². The molecule has 202 valence electrons. The number of carbonyl (C=O) groups excluding carboxylic acids is 1. The lowest BCUT2D eigenvalue weighted by Gasteiger charge is -2.24. The molecule has 0 spiro atoms. The van der Waals surface area contributed by atoms with Gasteiger partial charge in [-0.1, -0.05) is 42.0 Å². The van der Waals surface area contributed by atoms with Crippen molar-refractivity contribution in [1.82, 2.24) is 9.99 Å². The van der Waals surface area contributed by atoms with E-state index < -0.39 is 22.5 Å². The predicted octanol–water partition coefficient (Wildman–Crippen LogP) is 5.67. The van der Waals surface area contributed by atoms with E-state index in [4.69, 9.17) is 0 Å². The lowest BCUT2D eigenvalue weighted by molar-refractivity contribution is -0.119. The van der Waals surface area contributed by atoms with Crippen LogP contribution in [0.5, 0.6) is 0 Å². The summed E-state index contributed by atoms with van der Waals surface area (Å²) in [7, 11) is -3.99. The number of aromatic nitrogens is 1. The van der Waals surface area contributed by atoms with E-state index in [0.29, 0.717) is 5.69 Å². The van der Waals surface area contributed by atoms with Crippen molar-refractivity contribution < 1.29 is 13.2 Å². The van der Waals surface area contributed by atoms with E-state index >= 15 is 0 Å². The van der Waals surface area contributed by atoms with E-state index in [1.54, 1.807) is 36.5 Å². The summed E-state index contributed by atoms with van der Waals surface area (Å²) in [5.41, 5.74) is 11.2. The van der Waals surface area contributed by atoms with Gasteiger partial charge in [-0.05, 0) is 94.6 Å². The number of amides is 1. The molecule has 0 atom stereocenters. The Morgan fingerprint density at radius 1 is 0.872 bits per heavy atom. The highest BCUT2D eigenvalue weighted by atomic mass is 32.2. The third-order valence-electron chi connectivity index (χ3n) is 6.85. The van der Waals surface area contributed by atoms with Gasteiger partial charge in [-0.25, -0.2) is 13.8 Å². The Morgan fingerprint density at radius 2 is 1.59 bits per heavy atom. The van der Waals surface area contributed by atoms with Crippen LogP contribution in [-0.4, -0.2) is 31.7 Å². The minimum Gasteiger partial charge on any atom is -0.318 e. The number of rotatable bonds is 8. The zero-order valence-corrected chi connectivity index (χ0v) is 24.0. The Kier molecular flexibility index (Phi) is 8.06. The predicted molar refractivity (Wildman–Crippen MR) is 157 cm³/mol. The van der Waals surface area contributed by atoms with Crippen molar-refractivity contribution in [2.45, 2.75) is 46.4 Å². The number of benzene rings is 3. The fourth-order valence-electron chi connectivity index (χ4n) is 4.60. The standard InChI is InChI=1S/C31H34N4O3S/c1-21-12-15-30(24(4)16-21)35-25(5)18-27(26(35)6)19-32-33-31(36)20-34(28-14-13-22(2)23(3)17-28)39(37,38)29-10-8-7-9-11-29/h7-19H,20H2,1-6H3,(H,33,36)/b32-19-. The number of hydrogen-bond acceptors (Lipinski definition) is 4. The molecular formula is C31H34N4O3S. The summed E-state index contributed by atoms with van der Waals surface area (Å²) in [5.74, 6) is -0.549. The van der Waals surface area contributed by atoms with Crippen LogP contribution in [0.1, 0.15) is 39.2 Å². The van der Waals surface area contributed by atoms with E-state index in [0.717, 1.165) is 38.1 Å². The van der Waals surface area contributed by atoms with Crippen molar-refractivity contribution in [1.29, 1.82) is 0 Å². The van der Waals surface area contributed by atoms with Crippen molar-refractivity contribution in [3.63, 3.8) is 0 Å². The Balaban J connectivity index is 1.57. The van der Waals surface area contributed by atoms with Gasteiger partial charge in [-0.15, -0.1) is 0 Å². The third kappa shape index (κ3) is 5.96. The average molecular weight is 543 g/mol. The molecule has 0 aliphatic rings. The molecule has 3 aromatic carbocycles. The maximum absolute atomic E-state index is 13.5. The molecule has 1 aromatic heterocycles. The van der Waals surface area contributed by atoms with Gasteiger partial charge in [0.25, 0.3) is 15.9 Å². The molecule has 4 rings (SSSR count). The second kappa shape index (κ2) is 11.3. The molecular weight excluding hydrogens is 508 g/mol. The first-order chi connectivity index (χ1) is 18.5. The van der Waals surface area contributed by atoms with Crippen molar-refractivity contribution >= 4 is 27.8 Å². The highest BCUT2D eigenvalue weighted by Gasteiger charge is 2.27. The van der Waals surface area contributed by atoms with Gasteiger partial charge >= 0.3 is 0 Å². The largest absolute Gasteiger partial charge is 0.318 e. The quantitative estimate of drug-likeness (QED) is 0.230. The molecule has 1 heterocycles. The van der Waals surface area contributed by atoms with Gasteiger partial charge in [0.05, 0.1) is 16.8 Å². The van der Waals surface area contributed by atoms with Crippen molar-refractivity contribution in [3.8, 4) is 5.69 Å². The molecule has 1 amide bonds. The van der Waals surface area contributed by atoms with Crippen LogP contribution < -0.4 is 9.73 Å². The molecule has 0 saturated heterocycles. The molecule has 39 heavy (non-hydrogen) atoms. The molecule has 8 heteroatoms. The van der Waals surface area contributed by atoms with Gasteiger partial charge in [-0.2, -0.15) is 5.10 Å². The minimum atomic E-state index is -3.99. The molecule has 7 nitrogen and oxygen atoms in total. The monoisotopic (exact) mass is 542 g/mol. The summed E-state index contributed by atoms with van der Waals surface area (Å²) < 4.78 is 30.3. The van der Waals surface area contributed by atoms with Crippen LogP contribution in [0.15, 0.2) is 82.8 Å². The van der Waals surface area contributed by atoms with E-state index in [-0.39, 0.29) is 4.90 Å². The number of carbonyl (C=O) groups is 1. The van der Waals surface area contributed by atoms with Gasteiger partial charge in [0, 0.05) is 22.6 Å². The first-order valence-electron chi connectivity index (χ1n) is 12.7. The fourth-order valence-corrected chi connectivity index (χ4v) is 6.03. The first kappa shape index (κ1) is 27.9. The fraction of sp³-hybridized carbons (Fsp3) is 0.226. The molecule has 0 radical (unpaired) electrons. The molecule has 0 fully saturated rings. The number of nitrogens with zero attached hydrogens (tertiary/aromatic N) is 3. The molecule has 0 saturated carbocycles. The maximum atomic E-state index is 13.5. The van der Waals surface area contributed by atoms with Crippen LogP contribution in [-0.2, 0) is 14.8 Å².